The van der Waals surface area contributed by atoms with Crippen LogP contribution in [0, 0.1) is 0 Å². The van der Waals surface area contributed by atoms with Gasteiger partial charge in [-0.1, -0.05) is 0 Å². The summed E-state index contributed by atoms with van der Waals surface area (Å²) in [5.41, 5.74) is -0.980. The zero-order chi connectivity index (χ0) is 18.4. The first-order valence-corrected chi connectivity index (χ1v) is 9.12. The van der Waals surface area contributed by atoms with Gasteiger partial charge >= 0.3 is 6.03 Å². The molecule has 0 aromatic carbocycles. The number of morpholine rings is 1. The van der Waals surface area contributed by atoms with E-state index in [9.17, 15) is 14.7 Å². The van der Waals surface area contributed by atoms with E-state index < -0.39 is 5.60 Å². The summed E-state index contributed by atoms with van der Waals surface area (Å²) >= 11 is 0. The summed E-state index contributed by atoms with van der Waals surface area (Å²) in [6, 6.07) is -0.168. The van der Waals surface area contributed by atoms with E-state index in [4.69, 9.17) is 4.74 Å². The topological polar surface area (TPSA) is 99.9 Å². The number of hydrogen-bond acceptors (Lipinski definition) is 5. The van der Waals surface area contributed by atoms with Gasteiger partial charge in [0, 0.05) is 45.1 Å². The minimum absolute atomic E-state index is 0.0182. The molecule has 0 aliphatic carbocycles. The smallest absolute Gasteiger partial charge is 0.317 e. The predicted octanol–water partition coefficient (Wildman–Crippen LogP) is -0.331. The molecule has 2 aliphatic heterocycles. The van der Waals surface area contributed by atoms with Crippen LogP contribution < -0.4 is 5.32 Å². The fourth-order valence-electron chi connectivity index (χ4n) is 3.36. The molecule has 2 saturated heterocycles. The Labute approximate surface area is 152 Å². The molecule has 3 heterocycles. The summed E-state index contributed by atoms with van der Waals surface area (Å²) in [5, 5.41) is 13.7. The maximum absolute atomic E-state index is 12.4. The number of urea groups is 1. The summed E-state index contributed by atoms with van der Waals surface area (Å²) < 4.78 is 6.98. The SMILES string of the molecule is O=C(Cn1ccnc1)N1CCCC(O)(CNC(=O)N2CCOCC2)CC1. The molecule has 144 valence electrons. The van der Waals surface area contributed by atoms with Crippen molar-refractivity contribution in [3.05, 3.63) is 18.7 Å². The van der Waals surface area contributed by atoms with Gasteiger partial charge in [0.15, 0.2) is 0 Å². The minimum Gasteiger partial charge on any atom is -0.388 e. The quantitative estimate of drug-likeness (QED) is 0.761. The van der Waals surface area contributed by atoms with Crippen molar-refractivity contribution in [2.75, 3.05) is 45.9 Å². The Kier molecular flexibility index (Phi) is 6.10. The van der Waals surface area contributed by atoms with Crippen LogP contribution in [-0.4, -0.2) is 87.9 Å². The van der Waals surface area contributed by atoms with Crippen LogP contribution in [0.1, 0.15) is 19.3 Å². The Morgan fingerprint density at radius 3 is 2.69 bits per heavy atom. The lowest BCUT2D eigenvalue weighted by Gasteiger charge is -2.31. The Balaban J connectivity index is 1.47. The van der Waals surface area contributed by atoms with E-state index in [0.29, 0.717) is 58.7 Å². The summed E-state index contributed by atoms with van der Waals surface area (Å²) in [6.07, 6.45) is 6.74. The summed E-state index contributed by atoms with van der Waals surface area (Å²) in [4.78, 5) is 32.0. The van der Waals surface area contributed by atoms with Crippen molar-refractivity contribution in [3.63, 3.8) is 0 Å². The number of rotatable bonds is 4. The molecule has 1 unspecified atom stereocenters. The molecule has 0 saturated carbocycles. The third-order valence-corrected chi connectivity index (χ3v) is 5.01. The van der Waals surface area contributed by atoms with Crippen LogP contribution in [-0.2, 0) is 16.1 Å². The van der Waals surface area contributed by atoms with Gasteiger partial charge in [-0.15, -0.1) is 0 Å². The Bertz CT molecular complexity index is 602. The normalized spacial score (nSPS) is 24.2. The number of nitrogens with zero attached hydrogens (tertiary/aromatic N) is 4. The predicted molar refractivity (Wildman–Crippen MR) is 93.4 cm³/mol. The zero-order valence-electron chi connectivity index (χ0n) is 15.0. The van der Waals surface area contributed by atoms with E-state index >= 15 is 0 Å². The summed E-state index contributed by atoms with van der Waals surface area (Å²) in [6.45, 7) is 3.79. The van der Waals surface area contributed by atoms with Crippen molar-refractivity contribution in [3.8, 4) is 0 Å². The van der Waals surface area contributed by atoms with E-state index in [0.717, 1.165) is 0 Å². The molecule has 2 aliphatic rings. The number of amides is 3. The van der Waals surface area contributed by atoms with Crippen LogP contribution in [0.4, 0.5) is 4.79 Å². The van der Waals surface area contributed by atoms with Crippen LogP contribution in [0.3, 0.4) is 0 Å². The lowest BCUT2D eigenvalue weighted by Crippen LogP contribution is -2.51. The number of aliphatic hydroxyl groups is 1. The highest BCUT2D eigenvalue weighted by molar-refractivity contribution is 5.76. The number of ether oxygens (including phenoxy) is 1. The van der Waals surface area contributed by atoms with Crippen molar-refractivity contribution < 1.29 is 19.4 Å². The Morgan fingerprint density at radius 1 is 1.15 bits per heavy atom. The molecular formula is C17H27N5O4. The number of carbonyl (C=O) groups is 2. The van der Waals surface area contributed by atoms with Crippen molar-refractivity contribution in [2.45, 2.75) is 31.4 Å². The van der Waals surface area contributed by atoms with Gasteiger partial charge in [0.1, 0.15) is 6.54 Å². The van der Waals surface area contributed by atoms with E-state index in [1.807, 2.05) is 0 Å². The van der Waals surface area contributed by atoms with E-state index in [2.05, 4.69) is 10.3 Å². The fraction of sp³-hybridized carbons (Fsp3) is 0.706. The number of aromatic nitrogens is 2. The van der Waals surface area contributed by atoms with Crippen LogP contribution in [0.2, 0.25) is 0 Å². The second-order valence-electron chi connectivity index (χ2n) is 6.95. The van der Waals surface area contributed by atoms with Gasteiger partial charge in [-0.3, -0.25) is 4.79 Å². The van der Waals surface area contributed by atoms with Crippen LogP contribution in [0.15, 0.2) is 18.7 Å². The lowest BCUT2D eigenvalue weighted by molar-refractivity contribution is -0.131. The average molecular weight is 365 g/mol. The van der Waals surface area contributed by atoms with E-state index in [-0.39, 0.29) is 25.0 Å². The summed E-state index contributed by atoms with van der Waals surface area (Å²) in [7, 11) is 0. The van der Waals surface area contributed by atoms with Gasteiger partial charge in [-0.25, -0.2) is 9.78 Å². The standard InChI is InChI=1S/C17H27N5O4/c23-15(12-20-7-4-18-14-20)21-5-1-2-17(25,3-6-21)13-19-16(24)22-8-10-26-11-9-22/h4,7,14,25H,1-3,5-6,8-13H2,(H,19,24). The van der Waals surface area contributed by atoms with Gasteiger partial charge in [-0.05, 0) is 19.3 Å². The molecule has 0 bridgehead atoms. The van der Waals surface area contributed by atoms with Crippen molar-refractivity contribution in [1.82, 2.24) is 24.7 Å². The second kappa shape index (κ2) is 8.50. The summed E-state index contributed by atoms with van der Waals surface area (Å²) in [5.74, 6) is 0.0182. The second-order valence-corrected chi connectivity index (χ2v) is 6.95. The number of imidazole rings is 1. The first kappa shape index (κ1) is 18.7. The molecular weight excluding hydrogens is 338 g/mol. The van der Waals surface area contributed by atoms with Crippen molar-refractivity contribution >= 4 is 11.9 Å². The van der Waals surface area contributed by atoms with Gasteiger partial charge in [0.05, 0.1) is 25.1 Å². The number of nitrogens with one attached hydrogen (secondary N) is 1. The maximum Gasteiger partial charge on any atom is 0.317 e. The van der Waals surface area contributed by atoms with Crippen molar-refractivity contribution in [1.29, 1.82) is 0 Å². The number of carbonyl (C=O) groups excluding carboxylic acids is 2. The Morgan fingerprint density at radius 2 is 1.96 bits per heavy atom. The fourth-order valence-corrected chi connectivity index (χ4v) is 3.36. The first-order valence-electron chi connectivity index (χ1n) is 9.12. The van der Waals surface area contributed by atoms with E-state index in [1.165, 1.54) is 0 Å². The van der Waals surface area contributed by atoms with Crippen molar-refractivity contribution in [2.24, 2.45) is 0 Å². The monoisotopic (exact) mass is 365 g/mol. The van der Waals surface area contributed by atoms with Crippen LogP contribution in [0.25, 0.3) is 0 Å². The highest BCUT2D eigenvalue weighted by atomic mass is 16.5. The number of likely N-dealkylation sites (tertiary alicyclic amines) is 1. The molecule has 3 amide bonds. The molecule has 2 N–H and O–H groups in total. The van der Waals surface area contributed by atoms with Crippen LogP contribution >= 0.6 is 0 Å². The lowest BCUT2D eigenvalue weighted by atomic mass is 9.95. The largest absolute Gasteiger partial charge is 0.388 e. The Hall–Kier alpha value is -2.13. The molecule has 0 spiro atoms. The molecule has 1 atom stereocenters. The third kappa shape index (κ3) is 4.95. The molecule has 9 heteroatoms. The minimum atomic E-state index is -0.980. The number of hydrogen-bond donors (Lipinski definition) is 2. The maximum atomic E-state index is 12.4. The molecule has 26 heavy (non-hydrogen) atoms. The molecule has 0 radical (unpaired) electrons. The van der Waals surface area contributed by atoms with Gasteiger partial charge in [0.25, 0.3) is 0 Å². The molecule has 1 aromatic heterocycles. The average Bonchev–Trinajstić information content (AvgIpc) is 3.08. The molecule has 2 fully saturated rings. The molecule has 1 aromatic rings. The third-order valence-electron chi connectivity index (χ3n) is 5.01. The van der Waals surface area contributed by atoms with Gasteiger partial charge in [0.2, 0.25) is 5.91 Å². The highest BCUT2D eigenvalue weighted by Gasteiger charge is 2.32. The molecule has 9 nitrogen and oxygen atoms in total. The highest BCUT2D eigenvalue weighted by Crippen LogP contribution is 2.22. The molecule has 3 rings (SSSR count). The van der Waals surface area contributed by atoms with Crippen LogP contribution in [0.5, 0.6) is 0 Å². The van der Waals surface area contributed by atoms with E-state index in [1.54, 1.807) is 33.1 Å². The van der Waals surface area contributed by atoms with Gasteiger partial charge in [-0.2, -0.15) is 0 Å². The van der Waals surface area contributed by atoms with Gasteiger partial charge < -0.3 is 29.5 Å². The first-order chi connectivity index (χ1) is 12.6. The zero-order valence-corrected chi connectivity index (χ0v) is 15.0.